The van der Waals surface area contributed by atoms with Crippen molar-refractivity contribution in [1.82, 2.24) is 10.2 Å². The van der Waals surface area contributed by atoms with Gasteiger partial charge in [-0.05, 0) is 31.2 Å². The number of likely N-dealkylation sites (tertiary alicyclic amines) is 1. The first-order chi connectivity index (χ1) is 13.1. The summed E-state index contributed by atoms with van der Waals surface area (Å²) in [5.41, 5.74) is 0. The fourth-order valence-electron chi connectivity index (χ4n) is 3.90. The van der Waals surface area contributed by atoms with Gasteiger partial charge < -0.3 is 24.8 Å². The van der Waals surface area contributed by atoms with Crippen LogP contribution in [0.2, 0.25) is 0 Å². The Kier molecular flexibility index (Phi) is 7.49. The van der Waals surface area contributed by atoms with Gasteiger partial charge in [0.2, 0.25) is 0 Å². The van der Waals surface area contributed by atoms with Crippen molar-refractivity contribution >= 4 is 23.3 Å². The number of amides is 2. The molecule has 2 saturated heterocycles. The van der Waals surface area contributed by atoms with Crippen LogP contribution >= 0.6 is 11.3 Å². The Balaban J connectivity index is 1.32. The predicted octanol–water partition coefficient (Wildman–Crippen LogP) is -1.23. The summed E-state index contributed by atoms with van der Waals surface area (Å²) in [5, 5.41) is 5.30. The molecule has 0 bridgehead atoms. The summed E-state index contributed by atoms with van der Waals surface area (Å²) in [4.78, 5) is 30.3. The Morgan fingerprint density at radius 3 is 2.56 bits per heavy atom. The van der Waals surface area contributed by atoms with Crippen molar-refractivity contribution < 1.29 is 24.1 Å². The normalized spacial score (nSPS) is 23.8. The Morgan fingerprint density at radius 1 is 1.22 bits per heavy atom. The number of nitrogens with zero attached hydrogens (tertiary/aromatic N) is 1. The lowest BCUT2D eigenvalue weighted by Crippen LogP contribution is -3.28. The molecule has 2 aliphatic heterocycles. The molecular weight excluding hydrogens is 364 g/mol. The highest BCUT2D eigenvalue weighted by Gasteiger charge is 2.28. The molecular formula is C19H32N4O3S+2. The molecule has 0 aromatic carbocycles. The number of hydrogen-bond acceptors (Lipinski definition) is 4. The fraction of sp³-hybridized carbons (Fsp3) is 0.684. The van der Waals surface area contributed by atoms with E-state index in [0.29, 0.717) is 26.2 Å². The van der Waals surface area contributed by atoms with Gasteiger partial charge in [0.1, 0.15) is 32.7 Å². The highest BCUT2D eigenvalue weighted by atomic mass is 32.1. The minimum Gasteiger partial charge on any atom is -0.450 e. The third-order valence-electron chi connectivity index (χ3n) is 5.47. The van der Waals surface area contributed by atoms with E-state index in [1.165, 1.54) is 9.78 Å². The van der Waals surface area contributed by atoms with Crippen LogP contribution in [0.1, 0.15) is 24.6 Å². The van der Waals surface area contributed by atoms with Crippen LogP contribution in [-0.4, -0.2) is 75.4 Å². The number of piperazine rings is 1. The largest absolute Gasteiger partial charge is 0.450 e. The number of carbonyl (C=O) groups excluding carboxylic acids is 2. The molecule has 27 heavy (non-hydrogen) atoms. The molecule has 2 aliphatic rings. The van der Waals surface area contributed by atoms with Crippen LogP contribution in [0, 0.1) is 0 Å². The van der Waals surface area contributed by atoms with Gasteiger partial charge in [-0.25, -0.2) is 4.79 Å². The third kappa shape index (κ3) is 6.19. The summed E-state index contributed by atoms with van der Waals surface area (Å²) in [5.74, 6) is 0.140. The number of rotatable bonds is 6. The summed E-state index contributed by atoms with van der Waals surface area (Å²) in [6.07, 6.45) is 1.37. The van der Waals surface area contributed by atoms with Crippen molar-refractivity contribution in [3.8, 4) is 0 Å². The maximum absolute atomic E-state index is 12.4. The highest BCUT2D eigenvalue weighted by molar-refractivity contribution is 7.09. The van der Waals surface area contributed by atoms with Gasteiger partial charge in [-0.15, -0.1) is 11.3 Å². The molecule has 0 atom stereocenters. The molecule has 3 rings (SSSR count). The second-order valence-corrected chi connectivity index (χ2v) is 8.49. The summed E-state index contributed by atoms with van der Waals surface area (Å²) in [6.45, 7) is 9.54. The molecule has 0 saturated carbocycles. The minimum atomic E-state index is -0.241. The van der Waals surface area contributed by atoms with E-state index in [0.717, 1.165) is 45.6 Å². The Hall–Kier alpha value is -1.64. The van der Waals surface area contributed by atoms with Crippen molar-refractivity contribution in [3.05, 3.63) is 22.4 Å². The van der Waals surface area contributed by atoms with Gasteiger partial charge >= 0.3 is 6.09 Å². The van der Waals surface area contributed by atoms with Crippen LogP contribution < -0.4 is 15.1 Å². The third-order valence-corrected chi connectivity index (χ3v) is 6.34. The molecule has 3 N–H and O–H groups in total. The second kappa shape index (κ2) is 10.1. The van der Waals surface area contributed by atoms with Gasteiger partial charge in [0.15, 0.2) is 6.54 Å². The molecule has 8 heteroatoms. The van der Waals surface area contributed by atoms with Gasteiger partial charge in [-0.3, -0.25) is 4.79 Å². The van der Waals surface area contributed by atoms with E-state index in [4.69, 9.17) is 4.74 Å². The van der Waals surface area contributed by atoms with Gasteiger partial charge in [0.25, 0.3) is 5.91 Å². The van der Waals surface area contributed by atoms with Crippen LogP contribution in [0.15, 0.2) is 17.5 Å². The number of ether oxygens (including phenoxy) is 1. The maximum Gasteiger partial charge on any atom is 0.409 e. The molecule has 0 unspecified atom stereocenters. The topological polar surface area (TPSA) is 67.5 Å². The lowest BCUT2D eigenvalue weighted by molar-refractivity contribution is -1.01. The zero-order valence-electron chi connectivity index (χ0n) is 16.2. The number of hydrogen-bond donors (Lipinski definition) is 3. The van der Waals surface area contributed by atoms with E-state index in [9.17, 15) is 9.59 Å². The number of piperidine rings is 1. The molecule has 0 radical (unpaired) electrons. The van der Waals surface area contributed by atoms with Crippen LogP contribution in [0.4, 0.5) is 4.79 Å². The molecule has 2 fully saturated rings. The zero-order valence-corrected chi connectivity index (χ0v) is 17.0. The van der Waals surface area contributed by atoms with E-state index < -0.39 is 0 Å². The van der Waals surface area contributed by atoms with Gasteiger partial charge in [-0.1, -0.05) is 6.07 Å². The summed E-state index contributed by atoms with van der Waals surface area (Å²) in [6, 6.07) is 4.49. The Bertz CT molecular complexity index is 594. The van der Waals surface area contributed by atoms with E-state index in [2.05, 4.69) is 22.8 Å². The van der Waals surface area contributed by atoms with Crippen molar-refractivity contribution in [2.75, 3.05) is 52.4 Å². The molecule has 1 aromatic rings. The number of quaternary nitrogens is 2. The average molecular weight is 397 g/mol. The number of thiophene rings is 1. The Morgan fingerprint density at radius 2 is 1.93 bits per heavy atom. The van der Waals surface area contributed by atoms with E-state index in [-0.39, 0.29) is 18.0 Å². The number of nitrogens with one attached hydrogen (secondary N) is 3. The zero-order chi connectivity index (χ0) is 19.1. The van der Waals surface area contributed by atoms with Gasteiger partial charge in [0, 0.05) is 19.1 Å². The van der Waals surface area contributed by atoms with Gasteiger partial charge in [0.05, 0.1) is 11.5 Å². The first-order valence-corrected chi connectivity index (χ1v) is 10.9. The summed E-state index contributed by atoms with van der Waals surface area (Å²) >= 11 is 1.83. The van der Waals surface area contributed by atoms with Crippen LogP contribution in [0.5, 0.6) is 0 Å². The molecule has 0 spiro atoms. The first kappa shape index (κ1) is 20.1. The molecule has 7 nitrogen and oxygen atoms in total. The smallest absolute Gasteiger partial charge is 0.409 e. The SMILES string of the molecule is CCOC(=O)N1CCC(NC(=O)C[NH+]2CC[NH+](Cc3cccs3)CC2)CC1. The van der Waals surface area contributed by atoms with Crippen molar-refractivity contribution in [1.29, 1.82) is 0 Å². The molecule has 0 aliphatic carbocycles. The maximum atomic E-state index is 12.4. The van der Waals surface area contributed by atoms with Crippen LogP contribution in [0.25, 0.3) is 0 Å². The summed E-state index contributed by atoms with van der Waals surface area (Å²) < 4.78 is 5.03. The van der Waals surface area contributed by atoms with Crippen molar-refractivity contribution in [2.24, 2.45) is 0 Å². The highest BCUT2D eigenvalue weighted by Crippen LogP contribution is 2.11. The van der Waals surface area contributed by atoms with E-state index in [1.807, 2.05) is 18.3 Å². The molecule has 3 heterocycles. The average Bonchev–Trinajstić information content (AvgIpc) is 3.17. The quantitative estimate of drug-likeness (QED) is 0.564. The standard InChI is InChI=1S/C19H30N4O3S/c1-2-26-19(25)23-7-5-16(6-8-23)20-18(24)15-22-11-9-21(10-12-22)14-17-4-3-13-27-17/h3-4,13,16H,2,5-12,14-15H2,1H3,(H,20,24)/p+2. The fourth-order valence-corrected chi connectivity index (χ4v) is 4.67. The molecule has 150 valence electrons. The molecule has 1 aromatic heterocycles. The van der Waals surface area contributed by atoms with Crippen LogP contribution in [0.3, 0.4) is 0 Å². The van der Waals surface area contributed by atoms with Gasteiger partial charge in [-0.2, -0.15) is 0 Å². The Labute approximate surface area is 165 Å². The van der Waals surface area contributed by atoms with Crippen molar-refractivity contribution in [2.45, 2.75) is 32.4 Å². The second-order valence-electron chi connectivity index (χ2n) is 7.46. The predicted molar refractivity (Wildman–Crippen MR) is 104 cm³/mol. The first-order valence-electron chi connectivity index (χ1n) is 10.0. The monoisotopic (exact) mass is 396 g/mol. The van der Waals surface area contributed by atoms with E-state index >= 15 is 0 Å². The number of carbonyl (C=O) groups is 2. The summed E-state index contributed by atoms with van der Waals surface area (Å²) in [7, 11) is 0. The van der Waals surface area contributed by atoms with E-state index in [1.54, 1.807) is 9.80 Å². The molecule has 2 amide bonds. The van der Waals surface area contributed by atoms with Crippen LogP contribution in [-0.2, 0) is 16.1 Å². The lowest BCUT2D eigenvalue weighted by Gasteiger charge is -2.32. The van der Waals surface area contributed by atoms with Crippen molar-refractivity contribution in [3.63, 3.8) is 0 Å². The lowest BCUT2D eigenvalue weighted by atomic mass is 10.1. The minimum absolute atomic E-state index is 0.140.